The number of likely N-dealkylation sites (tertiary alicyclic amines) is 2. The van der Waals surface area contributed by atoms with Crippen LogP contribution in [0.2, 0.25) is 5.02 Å². The fourth-order valence-electron chi connectivity index (χ4n) is 4.32. The van der Waals surface area contributed by atoms with Gasteiger partial charge in [-0.25, -0.2) is 0 Å². The largest absolute Gasteiger partial charge is 0.492 e. The molecule has 0 aromatic heterocycles. The van der Waals surface area contributed by atoms with Gasteiger partial charge >= 0.3 is 0 Å². The zero-order valence-electron chi connectivity index (χ0n) is 15.0. The van der Waals surface area contributed by atoms with Crippen molar-refractivity contribution in [1.29, 1.82) is 0 Å². The van der Waals surface area contributed by atoms with Crippen LogP contribution in [-0.2, 0) is 16.0 Å². The van der Waals surface area contributed by atoms with Crippen LogP contribution in [0.4, 0.5) is 0 Å². The van der Waals surface area contributed by atoms with Gasteiger partial charge in [0.05, 0.1) is 5.92 Å². The van der Waals surface area contributed by atoms with Gasteiger partial charge in [0, 0.05) is 37.1 Å². The SMILES string of the molecule is O=C(C1CCN(C(=O)C2COc3ccc(Cl)cc3C2)CC1)N1CCCC1. The lowest BCUT2D eigenvalue weighted by atomic mass is 9.92. The average Bonchev–Trinajstić information content (AvgIpc) is 3.21. The second-order valence-electron chi connectivity index (χ2n) is 7.60. The smallest absolute Gasteiger partial charge is 0.229 e. The number of hydrogen-bond acceptors (Lipinski definition) is 3. The summed E-state index contributed by atoms with van der Waals surface area (Å²) in [5, 5.41) is 0.668. The molecule has 2 fully saturated rings. The van der Waals surface area contributed by atoms with Gasteiger partial charge in [-0.15, -0.1) is 0 Å². The molecule has 0 radical (unpaired) electrons. The summed E-state index contributed by atoms with van der Waals surface area (Å²) in [5.41, 5.74) is 1.00. The molecule has 4 rings (SSSR count). The van der Waals surface area contributed by atoms with Gasteiger partial charge in [0.15, 0.2) is 0 Å². The number of nitrogens with zero attached hydrogens (tertiary/aromatic N) is 2. The van der Waals surface area contributed by atoms with Crippen molar-refractivity contribution in [3.05, 3.63) is 28.8 Å². The highest BCUT2D eigenvalue weighted by Gasteiger charge is 2.34. The topological polar surface area (TPSA) is 49.9 Å². The minimum atomic E-state index is -0.160. The third-order valence-corrected chi connectivity index (χ3v) is 6.09. The summed E-state index contributed by atoms with van der Waals surface area (Å²) in [6.45, 7) is 3.56. The first-order valence-electron chi connectivity index (χ1n) is 9.60. The molecule has 3 heterocycles. The van der Waals surface area contributed by atoms with E-state index < -0.39 is 0 Å². The number of rotatable bonds is 2. The van der Waals surface area contributed by atoms with Gasteiger partial charge in [0.2, 0.25) is 11.8 Å². The van der Waals surface area contributed by atoms with E-state index in [1.165, 1.54) is 0 Å². The number of carbonyl (C=O) groups is 2. The van der Waals surface area contributed by atoms with Crippen LogP contribution >= 0.6 is 11.6 Å². The van der Waals surface area contributed by atoms with Crippen molar-refractivity contribution >= 4 is 23.4 Å². The first-order valence-corrected chi connectivity index (χ1v) is 9.98. The van der Waals surface area contributed by atoms with E-state index in [1.807, 2.05) is 28.0 Å². The van der Waals surface area contributed by atoms with E-state index in [1.54, 1.807) is 0 Å². The van der Waals surface area contributed by atoms with Crippen LogP contribution in [0.5, 0.6) is 5.75 Å². The standard InChI is InChI=1S/C20H25ClN2O3/c21-17-3-4-18-15(12-17)11-16(13-26-18)20(25)23-9-5-14(6-10-23)19(24)22-7-1-2-8-22/h3-4,12,14,16H,1-2,5-11,13H2. The van der Waals surface area contributed by atoms with E-state index in [4.69, 9.17) is 16.3 Å². The minimum Gasteiger partial charge on any atom is -0.492 e. The summed E-state index contributed by atoms with van der Waals surface area (Å²) in [6.07, 6.45) is 4.46. The van der Waals surface area contributed by atoms with Gasteiger partial charge in [0.1, 0.15) is 12.4 Å². The third kappa shape index (κ3) is 3.54. The number of benzene rings is 1. The Hall–Kier alpha value is -1.75. The van der Waals surface area contributed by atoms with E-state index >= 15 is 0 Å². The quantitative estimate of drug-likeness (QED) is 0.797. The van der Waals surface area contributed by atoms with Crippen LogP contribution in [0.15, 0.2) is 18.2 Å². The molecule has 0 saturated carbocycles. The zero-order valence-corrected chi connectivity index (χ0v) is 15.7. The molecule has 1 atom stereocenters. The van der Waals surface area contributed by atoms with Gasteiger partial charge in [-0.05, 0) is 55.9 Å². The Balaban J connectivity index is 1.33. The maximum atomic E-state index is 12.9. The number of fused-ring (bicyclic) bond motifs is 1. The summed E-state index contributed by atoms with van der Waals surface area (Å²) in [6, 6.07) is 5.57. The lowest BCUT2D eigenvalue weighted by Crippen LogP contribution is -2.47. The third-order valence-electron chi connectivity index (χ3n) is 5.85. The molecule has 3 aliphatic rings. The van der Waals surface area contributed by atoms with Crippen LogP contribution < -0.4 is 4.74 Å². The number of amides is 2. The molecule has 26 heavy (non-hydrogen) atoms. The van der Waals surface area contributed by atoms with Crippen LogP contribution in [0.3, 0.4) is 0 Å². The second kappa shape index (κ2) is 7.47. The average molecular weight is 377 g/mol. The predicted molar refractivity (Wildman–Crippen MR) is 99.3 cm³/mol. The molecule has 1 aromatic rings. The number of piperidine rings is 1. The Morgan fingerprint density at radius 2 is 1.62 bits per heavy atom. The van der Waals surface area contributed by atoms with Gasteiger partial charge in [-0.1, -0.05) is 11.6 Å². The molecule has 6 heteroatoms. The second-order valence-corrected chi connectivity index (χ2v) is 8.03. The van der Waals surface area contributed by atoms with Crippen molar-refractivity contribution < 1.29 is 14.3 Å². The summed E-state index contributed by atoms with van der Waals surface area (Å²) < 4.78 is 5.76. The number of halogens is 1. The van der Waals surface area contributed by atoms with Crippen molar-refractivity contribution in [2.75, 3.05) is 32.8 Å². The molecule has 140 valence electrons. The molecule has 0 spiro atoms. The van der Waals surface area contributed by atoms with Crippen LogP contribution in [0.25, 0.3) is 0 Å². The highest BCUT2D eigenvalue weighted by Crippen LogP contribution is 2.31. The molecule has 0 bridgehead atoms. The molecule has 0 aliphatic carbocycles. The van der Waals surface area contributed by atoms with Gasteiger partial charge < -0.3 is 14.5 Å². The summed E-state index contributed by atoms with van der Waals surface area (Å²) in [5.74, 6) is 1.18. The van der Waals surface area contributed by atoms with E-state index in [-0.39, 0.29) is 17.7 Å². The molecule has 2 saturated heterocycles. The number of ether oxygens (including phenoxy) is 1. The van der Waals surface area contributed by atoms with Gasteiger partial charge in [-0.3, -0.25) is 9.59 Å². The van der Waals surface area contributed by atoms with Crippen LogP contribution in [0.1, 0.15) is 31.2 Å². The van der Waals surface area contributed by atoms with E-state index in [2.05, 4.69) is 0 Å². The zero-order chi connectivity index (χ0) is 18.1. The van der Waals surface area contributed by atoms with Gasteiger partial charge in [0.25, 0.3) is 0 Å². The molecule has 2 amide bonds. The Morgan fingerprint density at radius 3 is 2.35 bits per heavy atom. The van der Waals surface area contributed by atoms with Crippen LogP contribution in [-0.4, -0.2) is 54.4 Å². The Morgan fingerprint density at radius 1 is 0.962 bits per heavy atom. The highest BCUT2D eigenvalue weighted by atomic mass is 35.5. The molecule has 5 nitrogen and oxygen atoms in total. The molecule has 1 unspecified atom stereocenters. The van der Waals surface area contributed by atoms with E-state index in [0.717, 1.165) is 50.1 Å². The lowest BCUT2D eigenvalue weighted by Gasteiger charge is -2.36. The Labute approximate surface area is 159 Å². The van der Waals surface area contributed by atoms with Gasteiger partial charge in [-0.2, -0.15) is 0 Å². The summed E-state index contributed by atoms with van der Waals surface area (Å²) in [4.78, 5) is 29.3. The fraction of sp³-hybridized carbons (Fsp3) is 0.600. The molecule has 0 N–H and O–H groups in total. The fourth-order valence-corrected chi connectivity index (χ4v) is 4.52. The molecule has 1 aromatic carbocycles. The first-order chi connectivity index (χ1) is 12.6. The highest BCUT2D eigenvalue weighted by molar-refractivity contribution is 6.30. The molecular weight excluding hydrogens is 352 g/mol. The Bertz CT molecular complexity index is 694. The van der Waals surface area contributed by atoms with E-state index in [9.17, 15) is 9.59 Å². The predicted octanol–water partition coefficient (Wildman–Crippen LogP) is 2.75. The summed E-state index contributed by atoms with van der Waals surface area (Å²) in [7, 11) is 0. The van der Waals surface area contributed by atoms with Crippen molar-refractivity contribution in [3.8, 4) is 5.75 Å². The number of hydrogen-bond donors (Lipinski definition) is 0. The van der Waals surface area contributed by atoms with Crippen molar-refractivity contribution in [1.82, 2.24) is 9.80 Å². The Kier molecular flexibility index (Phi) is 5.07. The van der Waals surface area contributed by atoms with Crippen LogP contribution in [0, 0.1) is 11.8 Å². The minimum absolute atomic E-state index is 0.0827. The first kappa shape index (κ1) is 17.7. The lowest BCUT2D eigenvalue weighted by molar-refractivity contribution is -0.142. The molecule has 3 aliphatic heterocycles. The summed E-state index contributed by atoms with van der Waals surface area (Å²) >= 11 is 6.07. The van der Waals surface area contributed by atoms with Crippen molar-refractivity contribution in [2.45, 2.75) is 32.1 Å². The van der Waals surface area contributed by atoms with Crippen molar-refractivity contribution in [3.63, 3.8) is 0 Å². The van der Waals surface area contributed by atoms with Crippen molar-refractivity contribution in [2.24, 2.45) is 11.8 Å². The molecular formula is C20H25ClN2O3. The monoisotopic (exact) mass is 376 g/mol. The maximum absolute atomic E-state index is 12.9. The van der Waals surface area contributed by atoms with E-state index in [0.29, 0.717) is 37.0 Å². The normalized spacial score (nSPS) is 23.5. The maximum Gasteiger partial charge on any atom is 0.229 e. The number of carbonyl (C=O) groups excluding carboxylic acids is 2.